The van der Waals surface area contributed by atoms with Crippen molar-refractivity contribution < 1.29 is 18.1 Å². The minimum Gasteiger partial charge on any atom is -0.287 e. The van der Waals surface area contributed by atoms with Crippen LogP contribution < -0.4 is 0 Å². The van der Waals surface area contributed by atoms with E-state index in [1.165, 1.54) is 0 Å². The molecule has 6 heteroatoms. The van der Waals surface area contributed by atoms with Crippen molar-refractivity contribution in [1.29, 1.82) is 0 Å². The summed E-state index contributed by atoms with van der Waals surface area (Å²) in [5.41, 5.74) is -0.466. The minimum absolute atomic E-state index is 0.409. The summed E-state index contributed by atoms with van der Waals surface area (Å²) in [6, 6.07) is 0. The molecular formula is C14H31O4PS. The molecule has 0 aliphatic rings. The third-order valence-corrected chi connectivity index (χ3v) is 4.62. The Bertz CT molecular complexity index is 244. The van der Waals surface area contributed by atoms with Gasteiger partial charge in [0.1, 0.15) is 5.44 Å². The van der Waals surface area contributed by atoms with E-state index in [0.717, 1.165) is 51.4 Å². The molecule has 122 valence electrons. The maximum atomic E-state index is 12.4. The summed E-state index contributed by atoms with van der Waals surface area (Å²) in [5.74, 6) is 0. The number of phosphoric ester groups is 1. The fraction of sp³-hybridized carbons (Fsp3) is 1.00. The van der Waals surface area contributed by atoms with Gasteiger partial charge >= 0.3 is 7.82 Å². The second-order valence-corrected chi connectivity index (χ2v) is 7.29. The van der Waals surface area contributed by atoms with Gasteiger partial charge in [-0.3, -0.25) is 13.6 Å². The first-order valence-corrected chi connectivity index (χ1v) is 9.77. The first-order chi connectivity index (χ1) is 9.54. The maximum Gasteiger partial charge on any atom is 0.475 e. The Labute approximate surface area is 130 Å². The Morgan fingerprint density at radius 3 is 1.70 bits per heavy atom. The van der Waals surface area contributed by atoms with Crippen LogP contribution >= 0.6 is 20.5 Å². The summed E-state index contributed by atoms with van der Waals surface area (Å²) >= 11 is 4.09. The molecule has 0 aliphatic heterocycles. The van der Waals surface area contributed by atoms with Gasteiger partial charge in [-0.05, 0) is 19.8 Å². The first-order valence-electron chi connectivity index (χ1n) is 7.79. The molecule has 4 nitrogen and oxygen atoms in total. The summed E-state index contributed by atoms with van der Waals surface area (Å²) < 4.78 is 28.3. The van der Waals surface area contributed by atoms with Crippen LogP contribution in [0.15, 0.2) is 0 Å². The predicted octanol–water partition coefficient (Wildman–Crippen LogP) is 5.58. The summed E-state index contributed by atoms with van der Waals surface area (Å²) in [7, 11) is -3.45. The molecule has 0 aromatic carbocycles. The zero-order valence-electron chi connectivity index (χ0n) is 13.2. The number of thiol groups is 1. The summed E-state index contributed by atoms with van der Waals surface area (Å²) in [6.45, 7) is 6.82. The van der Waals surface area contributed by atoms with Gasteiger partial charge in [0.2, 0.25) is 0 Å². The normalized spacial score (nSPS) is 13.6. The molecule has 0 spiro atoms. The van der Waals surface area contributed by atoms with E-state index in [0.29, 0.717) is 13.2 Å². The quantitative estimate of drug-likeness (QED) is 0.196. The average Bonchev–Trinajstić information content (AvgIpc) is 2.37. The van der Waals surface area contributed by atoms with Crippen LogP contribution in [0.25, 0.3) is 0 Å². The average molecular weight is 326 g/mol. The van der Waals surface area contributed by atoms with Crippen molar-refractivity contribution in [2.24, 2.45) is 0 Å². The van der Waals surface area contributed by atoms with E-state index in [9.17, 15) is 4.57 Å². The van der Waals surface area contributed by atoms with Gasteiger partial charge in [-0.2, -0.15) is 0 Å². The van der Waals surface area contributed by atoms with Crippen LogP contribution in [-0.2, 0) is 18.1 Å². The second-order valence-electron chi connectivity index (χ2n) is 4.94. The Hall–Kier alpha value is 0.460. The fourth-order valence-corrected chi connectivity index (χ4v) is 3.32. The minimum atomic E-state index is -3.45. The van der Waals surface area contributed by atoms with Crippen LogP contribution in [0.5, 0.6) is 0 Å². The van der Waals surface area contributed by atoms with E-state index in [2.05, 4.69) is 26.5 Å². The lowest BCUT2D eigenvalue weighted by molar-refractivity contribution is 0.107. The number of rotatable bonds is 14. The molecule has 0 heterocycles. The molecule has 0 saturated carbocycles. The van der Waals surface area contributed by atoms with Gasteiger partial charge in [-0.1, -0.05) is 52.4 Å². The van der Waals surface area contributed by atoms with E-state index in [1.54, 1.807) is 6.92 Å². The molecule has 0 rings (SSSR count). The largest absolute Gasteiger partial charge is 0.475 e. The standard InChI is InChI=1S/C14H31O4PS/c1-4-6-8-10-12-16-19(15,18-14(3)20)17-13-11-9-7-5-2/h14,20H,4-13H2,1-3H3. The lowest BCUT2D eigenvalue weighted by Gasteiger charge is -2.19. The lowest BCUT2D eigenvalue weighted by Crippen LogP contribution is -2.06. The van der Waals surface area contributed by atoms with Crippen molar-refractivity contribution in [3.63, 3.8) is 0 Å². The molecule has 0 aliphatic carbocycles. The van der Waals surface area contributed by atoms with Crippen molar-refractivity contribution in [2.75, 3.05) is 13.2 Å². The molecule has 1 unspecified atom stereocenters. The van der Waals surface area contributed by atoms with Gasteiger partial charge < -0.3 is 0 Å². The Balaban J connectivity index is 3.98. The van der Waals surface area contributed by atoms with Gasteiger partial charge in [0, 0.05) is 0 Å². The second kappa shape index (κ2) is 13.1. The molecule has 0 fully saturated rings. The van der Waals surface area contributed by atoms with Crippen molar-refractivity contribution in [3.8, 4) is 0 Å². The van der Waals surface area contributed by atoms with Crippen LogP contribution in [0.2, 0.25) is 0 Å². The molecule has 0 aromatic rings. The summed E-state index contributed by atoms with van der Waals surface area (Å²) in [6.07, 6.45) is 8.55. The SMILES string of the molecule is CCCCCCOP(=O)(OCCCCCC)OC(C)S. The van der Waals surface area contributed by atoms with Gasteiger partial charge in [0.05, 0.1) is 13.2 Å². The topological polar surface area (TPSA) is 44.8 Å². The number of hydrogen-bond acceptors (Lipinski definition) is 5. The third-order valence-electron chi connectivity index (χ3n) is 2.78. The van der Waals surface area contributed by atoms with Crippen LogP contribution in [0.3, 0.4) is 0 Å². The first kappa shape index (κ1) is 20.5. The van der Waals surface area contributed by atoms with Crippen LogP contribution in [0.4, 0.5) is 0 Å². The van der Waals surface area contributed by atoms with E-state index in [1.807, 2.05) is 0 Å². The number of hydrogen-bond donors (Lipinski definition) is 1. The van der Waals surface area contributed by atoms with Crippen LogP contribution in [0.1, 0.15) is 72.1 Å². The smallest absolute Gasteiger partial charge is 0.287 e. The van der Waals surface area contributed by atoms with Crippen molar-refractivity contribution >= 4 is 20.5 Å². The zero-order valence-corrected chi connectivity index (χ0v) is 15.0. The van der Waals surface area contributed by atoms with E-state index < -0.39 is 13.3 Å². The molecule has 0 aromatic heterocycles. The highest BCUT2D eigenvalue weighted by Crippen LogP contribution is 2.51. The van der Waals surface area contributed by atoms with E-state index in [-0.39, 0.29) is 0 Å². The molecule has 0 bridgehead atoms. The molecule has 1 atom stereocenters. The molecule has 0 radical (unpaired) electrons. The zero-order chi connectivity index (χ0) is 15.3. The Morgan fingerprint density at radius 2 is 1.35 bits per heavy atom. The van der Waals surface area contributed by atoms with E-state index >= 15 is 0 Å². The van der Waals surface area contributed by atoms with Crippen molar-refractivity contribution in [2.45, 2.75) is 77.6 Å². The van der Waals surface area contributed by atoms with Crippen LogP contribution in [-0.4, -0.2) is 18.6 Å². The lowest BCUT2D eigenvalue weighted by atomic mass is 10.2. The maximum absolute atomic E-state index is 12.4. The Kier molecular flexibility index (Phi) is 13.4. The fourth-order valence-electron chi connectivity index (χ4n) is 1.70. The summed E-state index contributed by atoms with van der Waals surface area (Å²) in [4.78, 5) is 0. The monoisotopic (exact) mass is 326 g/mol. The molecule has 0 N–H and O–H groups in total. The molecule has 20 heavy (non-hydrogen) atoms. The van der Waals surface area contributed by atoms with Crippen LogP contribution in [0, 0.1) is 0 Å². The molecule has 0 saturated heterocycles. The van der Waals surface area contributed by atoms with Gasteiger partial charge in [0.25, 0.3) is 0 Å². The van der Waals surface area contributed by atoms with E-state index in [4.69, 9.17) is 13.6 Å². The molecule has 0 amide bonds. The number of phosphoric acid groups is 1. The summed E-state index contributed by atoms with van der Waals surface area (Å²) in [5, 5.41) is 0. The predicted molar refractivity (Wildman–Crippen MR) is 87.3 cm³/mol. The highest BCUT2D eigenvalue weighted by atomic mass is 32.1. The number of unbranched alkanes of at least 4 members (excludes halogenated alkanes) is 6. The van der Waals surface area contributed by atoms with Gasteiger partial charge in [-0.25, -0.2) is 4.57 Å². The highest BCUT2D eigenvalue weighted by Gasteiger charge is 2.28. The van der Waals surface area contributed by atoms with Gasteiger partial charge in [-0.15, -0.1) is 12.6 Å². The van der Waals surface area contributed by atoms with Crippen molar-refractivity contribution in [3.05, 3.63) is 0 Å². The third kappa shape index (κ3) is 12.2. The Morgan fingerprint density at radius 1 is 0.900 bits per heavy atom. The van der Waals surface area contributed by atoms with Crippen molar-refractivity contribution in [1.82, 2.24) is 0 Å². The van der Waals surface area contributed by atoms with Gasteiger partial charge in [0.15, 0.2) is 0 Å². The molecular weight excluding hydrogens is 295 g/mol. The highest BCUT2D eigenvalue weighted by molar-refractivity contribution is 7.81.